The number of halogens is 1. The summed E-state index contributed by atoms with van der Waals surface area (Å²) < 4.78 is 19.2. The molecule has 1 aromatic carbocycles. The van der Waals surface area contributed by atoms with Gasteiger partial charge >= 0.3 is 0 Å². The first-order chi connectivity index (χ1) is 7.59. The van der Waals surface area contributed by atoms with Gasteiger partial charge in [-0.3, -0.25) is 0 Å². The van der Waals surface area contributed by atoms with Crippen molar-refractivity contribution in [2.75, 3.05) is 0 Å². The van der Waals surface area contributed by atoms with Crippen LogP contribution in [0.25, 0.3) is 11.3 Å². The maximum atomic E-state index is 13.8. The van der Waals surface area contributed by atoms with Crippen molar-refractivity contribution in [1.82, 2.24) is 4.98 Å². The molecular weight excluding hydrogens is 207 g/mol. The van der Waals surface area contributed by atoms with E-state index in [0.717, 1.165) is 0 Å². The van der Waals surface area contributed by atoms with Gasteiger partial charge in [-0.2, -0.15) is 0 Å². The van der Waals surface area contributed by atoms with Gasteiger partial charge in [0.05, 0.1) is 17.8 Å². The van der Waals surface area contributed by atoms with Crippen LogP contribution >= 0.6 is 0 Å². The van der Waals surface area contributed by atoms with Gasteiger partial charge in [0.1, 0.15) is 5.82 Å². The van der Waals surface area contributed by atoms with Crippen molar-refractivity contribution in [2.24, 2.45) is 5.73 Å². The van der Waals surface area contributed by atoms with Crippen molar-refractivity contribution in [3.05, 3.63) is 41.7 Å². The first-order valence-corrected chi connectivity index (χ1v) is 5.06. The maximum absolute atomic E-state index is 13.8. The van der Waals surface area contributed by atoms with Gasteiger partial charge in [0, 0.05) is 0 Å². The van der Waals surface area contributed by atoms with Crippen LogP contribution in [0.3, 0.4) is 0 Å². The lowest BCUT2D eigenvalue weighted by Gasteiger charge is -2.02. The first kappa shape index (κ1) is 10.8. The lowest BCUT2D eigenvalue weighted by molar-refractivity contribution is 0.471. The first-order valence-electron chi connectivity index (χ1n) is 5.06. The number of hydrogen-bond donors (Lipinski definition) is 1. The molecule has 0 aliphatic carbocycles. The van der Waals surface area contributed by atoms with E-state index in [9.17, 15) is 4.39 Å². The Hall–Kier alpha value is -1.68. The van der Waals surface area contributed by atoms with Gasteiger partial charge < -0.3 is 10.2 Å². The number of rotatable bonds is 2. The molecule has 2 aromatic rings. The molecule has 0 radical (unpaired) electrons. The van der Waals surface area contributed by atoms with E-state index >= 15 is 0 Å². The molecule has 0 saturated carbocycles. The zero-order chi connectivity index (χ0) is 11.7. The third-order valence-corrected chi connectivity index (χ3v) is 2.37. The molecule has 0 fully saturated rings. The van der Waals surface area contributed by atoms with Crippen LogP contribution in [-0.2, 0) is 0 Å². The molecule has 1 atom stereocenters. The predicted molar refractivity (Wildman–Crippen MR) is 59.2 cm³/mol. The van der Waals surface area contributed by atoms with E-state index in [1.807, 2.05) is 0 Å². The van der Waals surface area contributed by atoms with Crippen LogP contribution in [0.2, 0.25) is 0 Å². The fourth-order valence-corrected chi connectivity index (χ4v) is 1.46. The second-order valence-electron chi connectivity index (χ2n) is 3.79. The summed E-state index contributed by atoms with van der Waals surface area (Å²) >= 11 is 0. The Morgan fingerprint density at radius 2 is 2.19 bits per heavy atom. The number of nitrogens with zero attached hydrogens (tertiary/aromatic N) is 1. The Balaban J connectivity index is 2.47. The summed E-state index contributed by atoms with van der Waals surface area (Å²) in [6, 6.07) is 4.86. The SMILES string of the molecule is Cc1cccc(-c2cnc(C(C)N)o2)c1F. The monoisotopic (exact) mass is 220 g/mol. The second-order valence-corrected chi connectivity index (χ2v) is 3.79. The van der Waals surface area contributed by atoms with Gasteiger partial charge in [-0.15, -0.1) is 0 Å². The highest BCUT2D eigenvalue weighted by Crippen LogP contribution is 2.26. The van der Waals surface area contributed by atoms with E-state index in [4.69, 9.17) is 10.2 Å². The zero-order valence-corrected chi connectivity index (χ0v) is 9.20. The summed E-state index contributed by atoms with van der Waals surface area (Å²) in [5, 5.41) is 0. The topological polar surface area (TPSA) is 52.0 Å². The largest absolute Gasteiger partial charge is 0.439 e. The fraction of sp³-hybridized carbons (Fsp3) is 0.250. The number of aromatic nitrogens is 1. The molecule has 84 valence electrons. The zero-order valence-electron chi connectivity index (χ0n) is 9.20. The van der Waals surface area contributed by atoms with Crippen molar-refractivity contribution in [3.8, 4) is 11.3 Å². The molecule has 1 heterocycles. The van der Waals surface area contributed by atoms with Crippen LogP contribution in [0, 0.1) is 12.7 Å². The van der Waals surface area contributed by atoms with E-state index in [1.54, 1.807) is 32.0 Å². The van der Waals surface area contributed by atoms with Gasteiger partial charge in [0.25, 0.3) is 0 Å². The summed E-state index contributed by atoms with van der Waals surface area (Å²) in [5.41, 5.74) is 6.62. The molecule has 1 aromatic heterocycles. The molecule has 1 unspecified atom stereocenters. The number of aryl methyl sites for hydroxylation is 1. The average Bonchev–Trinajstić information content (AvgIpc) is 2.71. The predicted octanol–water partition coefficient (Wildman–Crippen LogP) is 2.81. The Morgan fingerprint density at radius 1 is 1.44 bits per heavy atom. The van der Waals surface area contributed by atoms with Crippen LogP contribution in [0.5, 0.6) is 0 Å². The maximum Gasteiger partial charge on any atom is 0.211 e. The van der Waals surface area contributed by atoms with E-state index in [0.29, 0.717) is 22.8 Å². The van der Waals surface area contributed by atoms with Crippen molar-refractivity contribution < 1.29 is 8.81 Å². The van der Waals surface area contributed by atoms with Gasteiger partial charge in [-0.05, 0) is 25.5 Å². The van der Waals surface area contributed by atoms with Crippen LogP contribution in [-0.4, -0.2) is 4.98 Å². The Kier molecular flexibility index (Phi) is 2.75. The molecule has 0 saturated heterocycles. The van der Waals surface area contributed by atoms with E-state index < -0.39 is 0 Å². The normalized spacial score (nSPS) is 12.8. The van der Waals surface area contributed by atoms with Crippen molar-refractivity contribution in [1.29, 1.82) is 0 Å². The van der Waals surface area contributed by atoms with Gasteiger partial charge in [-0.25, -0.2) is 9.37 Å². The third kappa shape index (κ3) is 1.84. The van der Waals surface area contributed by atoms with Crippen molar-refractivity contribution in [3.63, 3.8) is 0 Å². The van der Waals surface area contributed by atoms with Crippen molar-refractivity contribution in [2.45, 2.75) is 19.9 Å². The Labute approximate surface area is 93.1 Å². The summed E-state index contributed by atoms with van der Waals surface area (Å²) in [6.45, 7) is 3.48. The smallest absolute Gasteiger partial charge is 0.211 e. The van der Waals surface area contributed by atoms with Crippen LogP contribution in [0.4, 0.5) is 4.39 Å². The van der Waals surface area contributed by atoms with Gasteiger partial charge in [0.15, 0.2) is 5.76 Å². The minimum absolute atomic E-state index is 0.283. The summed E-state index contributed by atoms with van der Waals surface area (Å²) in [5.74, 6) is 0.541. The number of oxazole rings is 1. The molecule has 2 rings (SSSR count). The Morgan fingerprint density at radius 3 is 2.81 bits per heavy atom. The van der Waals surface area contributed by atoms with Crippen LogP contribution < -0.4 is 5.73 Å². The van der Waals surface area contributed by atoms with E-state index in [1.165, 1.54) is 6.20 Å². The number of hydrogen-bond acceptors (Lipinski definition) is 3. The fourth-order valence-electron chi connectivity index (χ4n) is 1.46. The van der Waals surface area contributed by atoms with Gasteiger partial charge in [0.2, 0.25) is 5.89 Å². The highest BCUT2D eigenvalue weighted by Gasteiger charge is 2.13. The summed E-state index contributed by atoms with van der Waals surface area (Å²) in [7, 11) is 0. The number of benzene rings is 1. The molecule has 3 nitrogen and oxygen atoms in total. The van der Waals surface area contributed by atoms with Crippen LogP contribution in [0.15, 0.2) is 28.8 Å². The second kappa shape index (κ2) is 4.06. The van der Waals surface area contributed by atoms with E-state index in [-0.39, 0.29) is 11.9 Å². The lowest BCUT2D eigenvalue weighted by atomic mass is 10.1. The Bertz CT molecular complexity index is 505. The summed E-state index contributed by atoms with van der Waals surface area (Å²) in [6.07, 6.45) is 1.50. The van der Waals surface area contributed by atoms with Gasteiger partial charge in [-0.1, -0.05) is 12.1 Å². The molecule has 0 aliphatic heterocycles. The standard InChI is InChI=1S/C12H13FN2O/c1-7-4-3-5-9(11(7)13)10-6-15-12(16-10)8(2)14/h3-6,8H,14H2,1-2H3. The third-order valence-electron chi connectivity index (χ3n) is 2.37. The van der Waals surface area contributed by atoms with Crippen LogP contribution in [0.1, 0.15) is 24.4 Å². The number of nitrogens with two attached hydrogens (primary N) is 1. The quantitative estimate of drug-likeness (QED) is 0.846. The highest BCUT2D eigenvalue weighted by molar-refractivity contribution is 5.58. The molecule has 0 bridgehead atoms. The van der Waals surface area contributed by atoms with Crippen molar-refractivity contribution >= 4 is 0 Å². The highest BCUT2D eigenvalue weighted by atomic mass is 19.1. The molecular formula is C12H13FN2O. The average molecular weight is 220 g/mol. The molecule has 16 heavy (non-hydrogen) atoms. The lowest BCUT2D eigenvalue weighted by Crippen LogP contribution is -2.04. The molecule has 2 N–H and O–H groups in total. The van der Waals surface area contributed by atoms with E-state index in [2.05, 4.69) is 4.98 Å². The molecule has 0 spiro atoms. The molecule has 4 heteroatoms. The molecule has 0 aliphatic rings. The molecule has 0 amide bonds. The minimum atomic E-state index is -0.290. The minimum Gasteiger partial charge on any atom is -0.439 e. The summed E-state index contributed by atoms with van der Waals surface area (Å²) in [4.78, 5) is 4.00.